The summed E-state index contributed by atoms with van der Waals surface area (Å²) >= 11 is 0. The molecule has 0 unspecified atom stereocenters. The van der Waals surface area contributed by atoms with Crippen molar-refractivity contribution in [3.8, 4) is 6.07 Å². The summed E-state index contributed by atoms with van der Waals surface area (Å²) in [7, 11) is 1.54. The maximum Gasteiger partial charge on any atom is 0.187 e. The lowest BCUT2D eigenvalue weighted by Gasteiger charge is -2.41. The van der Waals surface area contributed by atoms with Crippen molar-refractivity contribution in [3.05, 3.63) is 23.8 Å². The Morgan fingerprint density at radius 3 is 2.70 bits per heavy atom. The maximum atomic E-state index is 10.0. The van der Waals surface area contributed by atoms with Gasteiger partial charge in [0.2, 0.25) is 0 Å². The number of allylic oxidation sites excluding steroid dienone is 1. The average Bonchev–Trinajstić information content (AvgIpc) is 2.57. The number of aliphatic hydroxyl groups is 4. The van der Waals surface area contributed by atoms with Gasteiger partial charge in [0.05, 0.1) is 24.9 Å². The van der Waals surface area contributed by atoms with Crippen LogP contribution in [-0.2, 0) is 14.2 Å². The van der Waals surface area contributed by atoms with Crippen LogP contribution in [0.3, 0.4) is 0 Å². The monoisotopic (exact) mass is 327 g/mol. The number of ether oxygens (including phenoxy) is 3. The van der Waals surface area contributed by atoms with E-state index in [4.69, 9.17) is 19.5 Å². The predicted molar refractivity (Wildman–Crippen MR) is 76.9 cm³/mol. The lowest BCUT2D eigenvalue weighted by molar-refractivity contribution is -0.309. The van der Waals surface area contributed by atoms with Gasteiger partial charge >= 0.3 is 0 Å². The van der Waals surface area contributed by atoms with Gasteiger partial charge in [-0.2, -0.15) is 5.26 Å². The normalized spacial score (nSPS) is 42.6. The summed E-state index contributed by atoms with van der Waals surface area (Å²) < 4.78 is 16.2. The molecule has 8 nitrogen and oxygen atoms in total. The van der Waals surface area contributed by atoms with Crippen LogP contribution in [0.1, 0.15) is 6.42 Å². The number of nitriles is 1. The molecule has 0 radical (unpaired) electrons. The quantitative estimate of drug-likeness (QED) is 0.463. The van der Waals surface area contributed by atoms with Crippen molar-refractivity contribution in [3.63, 3.8) is 0 Å². The van der Waals surface area contributed by atoms with E-state index >= 15 is 0 Å². The van der Waals surface area contributed by atoms with Crippen molar-refractivity contribution >= 4 is 0 Å². The standard InChI is InChI=1S/C15H21NO7/c1-21-9-3-2-8(4-5-16)10(6-9)22-15-14(20)13(19)12(18)11(7-17)23-15/h2-4,9-15,17-20H,6-7H2,1H3/b8-4-/t9-,10-,11+,12+,13-,14+,15+/m0/s1. The molecule has 0 spiro atoms. The van der Waals surface area contributed by atoms with E-state index in [-0.39, 0.29) is 6.10 Å². The molecule has 0 amide bonds. The van der Waals surface area contributed by atoms with Crippen LogP contribution in [-0.4, -0.2) is 77.1 Å². The largest absolute Gasteiger partial charge is 0.394 e. The van der Waals surface area contributed by atoms with Crippen LogP contribution in [0, 0.1) is 11.3 Å². The number of aliphatic hydroxyl groups excluding tert-OH is 4. The van der Waals surface area contributed by atoms with Gasteiger partial charge < -0.3 is 34.6 Å². The highest BCUT2D eigenvalue weighted by Crippen LogP contribution is 2.28. The van der Waals surface area contributed by atoms with E-state index in [1.165, 1.54) is 6.08 Å². The van der Waals surface area contributed by atoms with Gasteiger partial charge in [0.25, 0.3) is 0 Å². The molecular formula is C15H21NO7. The molecule has 1 heterocycles. The topological polar surface area (TPSA) is 132 Å². The van der Waals surface area contributed by atoms with E-state index in [9.17, 15) is 20.4 Å². The fourth-order valence-electron chi connectivity index (χ4n) is 2.62. The van der Waals surface area contributed by atoms with E-state index < -0.39 is 43.4 Å². The maximum absolute atomic E-state index is 10.0. The third-order valence-corrected chi connectivity index (χ3v) is 4.00. The van der Waals surface area contributed by atoms with Crippen LogP contribution in [0.25, 0.3) is 0 Å². The van der Waals surface area contributed by atoms with Crippen molar-refractivity contribution in [2.24, 2.45) is 0 Å². The van der Waals surface area contributed by atoms with E-state index in [1.807, 2.05) is 6.07 Å². The second-order valence-electron chi connectivity index (χ2n) is 5.46. The Balaban J connectivity index is 2.13. The summed E-state index contributed by atoms with van der Waals surface area (Å²) in [6, 6.07) is 1.92. The molecule has 4 N–H and O–H groups in total. The molecule has 128 valence electrons. The number of methoxy groups -OCH3 is 1. The van der Waals surface area contributed by atoms with Gasteiger partial charge in [-0.05, 0) is 5.57 Å². The number of nitrogens with zero attached hydrogens (tertiary/aromatic N) is 1. The minimum atomic E-state index is -1.51. The minimum Gasteiger partial charge on any atom is -0.394 e. The zero-order chi connectivity index (χ0) is 17.0. The molecule has 0 bridgehead atoms. The summed E-state index contributed by atoms with van der Waals surface area (Å²) in [5.74, 6) is 0. The van der Waals surface area contributed by atoms with Crippen LogP contribution < -0.4 is 0 Å². The van der Waals surface area contributed by atoms with Crippen molar-refractivity contribution in [2.75, 3.05) is 13.7 Å². The molecular weight excluding hydrogens is 306 g/mol. The molecule has 1 fully saturated rings. The highest BCUT2D eigenvalue weighted by atomic mass is 16.7. The first-order valence-electron chi connectivity index (χ1n) is 7.28. The molecule has 23 heavy (non-hydrogen) atoms. The van der Waals surface area contributed by atoms with Crippen LogP contribution in [0.5, 0.6) is 0 Å². The Bertz CT molecular complexity index is 499. The van der Waals surface area contributed by atoms with Gasteiger partial charge in [0.1, 0.15) is 24.4 Å². The van der Waals surface area contributed by atoms with E-state index in [1.54, 1.807) is 19.3 Å². The predicted octanol–water partition coefficient (Wildman–Crippen LogP) is -1.40. The van der Waals surface area contributed by atoms with Crippen LogP contribution >= 0.6 is 0 Å². The van der Waals surface area contributed by atoms with E-state index in [2.05, 4.69) is 0 Å². The number of hydrogen-bond acceptors (Lipinski definition) is 8. The van der Waals surface area contributed by atoms with Crippen LogP contribution in [0.4, 0.5) is 0 Å². The molecule has 0 aromatic heterocycles. The SMILES string of the molecule is CO[C@H]1C=C/C(=C/C#N)[C@@H](O[C@@H]2O[C@H](CO)[C@@H](O)[C@H](O)[C@H]2O)C1. The lowest BCUT2D eigenvalue weighted by atomic mass is 9.95. The molecule has 8 heteroatoms. The van der Waals surface area contributed by atoms with Crippen molar-refractivity contribution in [1.82, 2.24) is 0 Å². The Morgan fingerprint density at radius 2 is 2.09 bits per heavy atom. The zero-order valence-electron chi connectivity index (χ0n) is 12.6. The average molecular weight is 327 g/mol. The Labute approximate surface area is 133 Å². The molecule has 2 aliphatic rings. The third kappa shape index (κ3) is 3.97. The van der Waals surface area contributed by atoms with Crippen molar-refractivity contribution < 1.29 is 34.6 Å². The zero-order valence-corrected chi connectivity index (χ0v) is 12.6. The van der Waals surface area contributed by atoms with Gasteiger partial charge in [0, 0.05) is 19.6 Å². The molecule has 0 aromatic rings. The first kappa shape index (κ1) is 18.0. The fourth-order valence-corrected chi connectivity index (χ4v) is 2.62. The van der Waals surface area contributed by atoms with Crippen molar-refractivity contribution in [1.29, 1.82) is 5.26 Å². The van der Waals surface area contributed by atoms with Crippen molar-refractivity contribution in [2.45, 2.75) is 49.3 Å². The molecule has 0 saturated carbocycles. The van der Waals surface area contributed by atoms with Gasteiger partial charge in [-0.3, -0.25) is 0 Å². The highest BCUT2D eigenvalue weighted by molar-refractivity contribution is 5.32. The smallest absolute Gasteiger partial charge is 0.187 e. The summed E-state index contributed by atoms with van der Waals surface area (Å²) in [6.07, 6.45) is -2.34. The first-order chi connectivity index (χ1) is 11.0. The number of hydrogen-bond donors (Lipinski definition) is 4. The minimum absolute atomic E-state index is 0.222. The molecule has 1 saturated heterocycles. The second-order valence-corrected chi connectivity index (χ2v) is 5.46. The van der Waals surface area contributed by atoms with E-state index in [0.29, 0.717) is 12.0 Å². The summed E-state index contributed by atoms with van der Waals surface area (Å²) in [5, 5.41) is 47.6. The third-order valence-electron chi connectivity index (χ3n) is 4.00. The summed E-state index contributed by atoms with van der Waals surface area (Å²) in [6.45, 7) is -0.531. The Morgan fingerprint density at radius 1 is 1.35 bits per heavy atom. The second kappa shape index (κ2) is 7.99. The summed E-state index contributed by atoms with van der Waals surface area (Å²) in [4.78, 5) is 0. The summed E-state index contributed by atoms with van der Waals surface area (Å²) in [5.41, 5.74) is 0.581. The van der Waals surface area contributed by atoms with Crippen LogP contribution in [0.15, 0.2) is 23.8 Å². The molecule has 7 atom stereocenters. The molecule has 1 aliphatic carbocycles. The molecule has 1 aliphatic heterocycles. The Kier molecular flexibility index (Phi) is 6.26. The van der Waals surface area contributed by atoms with Gasteiger partial charge in [-0.15, -0.1) is 0 Å². The van der Waals surface area contributed by atoms with Gasteiger partial charge in [-0.25, -0.2) is 0 Å². The van der Waals surface area contributed by atoms with Gasteiger partial charge in [-0.1, -0.05) is 12.2 Å². The molecule has 2 rings (SSSR count). The Hall–Kier alpha value is -1.31. The first-order valence-corrected chi connectivity index (χ1v) is 7.28. The van der Waals surface area contributed by atoms with Crippen LogP contribution in [0.2, 0.25) is 0 Å². The lowest BCUT2D eigenvalue weighted by Crippen LogP contribution is -2.59. The van der Waals surface area contributed by atoms with Gasteiger partial charge in [0.15, 0.2) is 6.29 Å². The molecule has 0 aromatic carbocycles. The van der Waals surface area contributed by atoms with E-state index in [0.717, 1.165) is 0 Å². The number of rotatable bonds is 4. The highest BCUT2D eigenvalue weighted by Gasteiger charge is 2.45. The fraction of sp³-hybridized carbons (Fsp3) is 0.667.